The molecule has 0 aromatic carbocycles. The van der Waals surface area contributed by atoms with Gasteiger partial charge in [0.2, 0.25) is 0 Å². The molecule has 114 valence electrons. The maximum Gasteiger partial charge on any atom is 0.407 e. The number of carbonyl (C=O) groups excluding carboxylic acids is 1. The molecule has 1 aromatic rings. The van der Waals surface area contributed by atoms with Gasteiger partial charge in [0, 0.05) is 25.8 Å². The summed E-state index contributed by atoms with van der Waals surface area (Å²) in [5.41, 5.74) is 0.254. The van der Waals surface area contributed by atoms with E-state index in [9.17, 15) is 9.59 Å². The summed E-state index contributed by atoms with van der Waals surface area (Å²) >= 11 is 0. The van der Waals surface area contributed by atoms with Crippen LogP contribution in [-0.4, -0.2) is 58.7 Å². The molecule has 2 N–H and O–H groups in total. The Morgan fingerprint density at radius 2 is 2.19 bits per heavy atom. The highest BCUT2D eigenvalue weighted by Crippen LogP contribution is 2.16. The summed E-state index contributed by atoms with van der Waals surface area (Å²) in [6, 6.07) is 1.67. The van der Waals surface area contributed by atoms with E-state index in [-0.39, 0.29) is 23.5 Å². The molecule has 0 radical (unpaired) electrons. The maximum absolute atomic E-state index is 12.0. The predicted octanol–water partition coefficient (Wildman–Crippen LogP) is 0.605. The number of carboxylic acid groups (broad SMARTS) is 1. The predicted molar refractivity (Wildman–Crippen MR) is 73.2 cm³/mol. The molecular weight excluding hydrogens is 276 g/mol. The lowest BCUT2D eigenvalue weighted by Crippen LogP contribution is -2.41. The second kappa shape index (κ2) is 6.87. The van der Waals surface area contributed by atoms with Crippen LogP contribution in [0.3, 0.4) is 0 Å². The molecule has 0 spiro atoms. The monoisotopic (exact) mass is 294 g/mol. The Hall–Kier alpha value is -2.38. The molecule has 2 amide bonds. The fourth-order valence-electron chi connectivity index (χ4n) is 2.22. The fraction of sp³-hybridized carbons (Fsp3) is 0.538. The number of rotatable bonds is 4. The number of amides is 2. The van der Waals surface area contributed by atoms with Gasteiger partial charge in [-0.25, -0.2) is 9.78 Å². The summed E-state index contributed by atoms with van der Waals surface area (Å²) in [5, 5.41) is 11.7. The Bertz CT molecular complexity index is 515. The summed E-state index contributed by atoms with van der Waals surface area (Å²) < 4.78 is 4.87. The van der Waals surface area contributed by atoms with Gasteiger partial charge in [-0.15, -0.1) is 0 Å². The molecule has 1 fully saturated rings. The van der Waals surface area contributed by atoms with Crippen LogP contribution < -0.4 is 10.1 Å². The van der Waals surface area contributed by atoms with Crippen molar-refractivity contribution in [3.05, 3.63) is 18.0 Å². The van der Waals surface area contributed by atoms with Crippen LogP contribution in [0.5, 0.6) is 6.01 Å². The molecule has 1 aliphatic heterocycles. The van der Waals surface area contributed by atoms with Gasteiger partial charge in [-0.3, -0.25) is 4.79 Å². The number of carbonyl (C=O) groups is 2. The molecule has 21 heavy (non-hydrogen) atoms. The number of aromatic nitrogens is 2. The van der Waals surface area contributed by atoms with Crippen LogP contribution in [0.15, 0.2) is 12.3 Å². The van der Waals surface area contributed by atoms with Gasteiger partial charge >= 0.3 is 12.1 Å². The molecule has 8 nitrogen and oxygen atoms in total. The fourth-order valence-corrected chi connectivity index (χ4v) is 2.22. The van der Waals surface area contributed by atoms with Crippen LogP contribution in [0.1, 0.15) is 23.3 Å². The first-order chi connectivity index (χ1) is 10.1. The standard InChI is InChI=1S/C13H18N4O4/c1-21-12-14-5-2-10(16-12)11(18)15-8-9-3-6-17(7-4-9)13(19)20/h2,5,9H,3-4,6-8H2,1H3,(H,15,18)(H,19,20). The van der Waals surface area contributed by atoms with Crippen LogP contribution >= 0.6 is 0 Å². The van der Waals surface area contributed by atoms with E-state index in [1.807, 2.05) is 0 Å². The Kier molecular flexibility index (Phi) is 4.91. The molecular formula is C13H18N4O4. The van der Waals surface area contributed by atoms with Gasteiger partial charge < -0.3 is 20.1 Å². The SMILES string of the molecule is COc1nccc(C(=O)NCC2CCN(C(=O)O)CC2)n1. The number of likely N-dealkylation sites (tertiary alicyclic amines) is 1. The van der Waals surface area contributed by atoms with E-state index in [0.717, 1.165) is 12.8 Å². The summed E-state index contributed by atoms with van der Waals surface area (Å²) in [7, 11) is 1.44. The third-order valence-corrected chi connectivity index (χ3v) is 3.49. The first kappa shape index (κ1) is 15.0. The van der Waals surface area contributed by atoms with E-state index in [1.54, 1.807) is 0 Å². The second-order valence-electron chi connectivity index (χ2n) is 4.85. The number of hydrogen-bond acceptors (Lipinski definition) is 5. The van der Waals surface area contributed by atoms with Crippen molar-refractivity contribution in [2.45, 2.75) is 12.8 Å². The molecule has 1 saturated heterocycles. The molecule has 0 atom stereocenters. The highest BCUT2D eigenvalue weighted by atomic mass is 16.5. The van der Waals surface area contributed by atoms with Crippen molar-refractivity contribution in [2.75, 3.05) is 26.7 Å². The Morgan fingerprint density at radius 3 is 2.81 bits per heavy atom. The van der Waals surface area contributed by atoms with Gasteiger partial charge in [0.05, 0.1) is 7.11 Å². The average molecular weight is 294 g/mol. The minimum Gasteiger partial charge on any atom is -0.467 e. The number of nitrogens with zero attached hydrogens (tertiary/aromatic N) is 3. The number of piperidine rings is 1. The van der Waals surface area contributed by atoms with Gasteiger partial charge in [-0.05, 0) is 24.8 Å². The van der Waals surface area contributed by atoms with Gasteiger partial charge in [-0.1, -0.05) is 0 Å². The molecule has 1 aromatic heterocycles. The largest absolute Gasteiger partial charge is 0.467 e. The molecule has 8 heteroatoms. The number of methoxy groups -OCH3 is 1. The molecule has 0 unspecified atom stereocenters. The topological polar surface area (TPSA) is 105 Å². The van der Waals surface area contributed by atoms with E-state index in [1.165, 1.54) is 24.3 Å². The van der Waals surface area contributed by atoms with E-state index in [4.69, 9.17) is 9.84 Å². The Balaban J connectivity index is 1.80. The van der Waals surface area contributed by atoms with E-state index < -0.39 is 6.09 Å². The number of ether oxygens (including phenoxy) is 1. The van der Waals surface area contributed by atoms with Crippen molar-refractivity contribution in [3.8, 4) is 6.01 Å². The maximum atomic E-state index is 12.0. The molecule has 2 heterocycles. The molecule has 0 bridgehead atoms. The minimum absolute atomic E-state index is 0.150. The van der Waals surface area contributed by atoms with Crippen molar-refractivity contribution in [3.63, 3.8) is 0 Å². The smallest absolute Gasteiger partial charge is 0.407 e. The summed E-state index contributed by atoms with van der Waals surface area (Å²) in [4.78, 5) is 32.0. The van der Waals surface area contributed by atoms with Gasteiger partial charge in [-0.2, -0.15) is 4.98 Å². The number of nitrogens with one attached hydrogen (secondary N) is 1. The lowest BCUT2D eigenvalue weighted by molar-refractivity contribution is 0.0922. The summed E-state index contributed by atoms with van der Waals surface area (Å²) in [6.45, 7) is 1.53. The van der Waals surface area contributed by atoms with Crippen molar-refractivity contribution in [1.29, 1.82) is 0 Å². The molecule has 1 aliphatic rings. The van der Waals surface area contributed by atoms with E-state index in [2.05, 4.69) is 15.3 Å². The van der Waals surface area contributed by atoms with Gasteiger partial charge in [0.25, 0.3) is 5.91 Å². The molecule has 0 aliphatic carbocycles. The van der Waals surface area contributed by atoms with E-state index in [0.29, 0.717) is 19.6 Å². The lowest BCUT2D eigenvalue weighted by Gasteiger charge is -2.29. The normalized spacial score (nSPS) is 15.6. The summed E-state index contributed by atoms with van der Waals surface area (Å²) in [5.74, 6) is 0.00430. The zero-order valence-corrected chi connectivity index (χ0v) is 11.8. The summed E-state index contributed by atoms with van der Waals surface area (Å²) in [6.07, 6.45) is 2.08. The highest BCUT2D eigenvalue weighted by Gasteiger charge is 2.22. The zero-order valence-electron chi connectivity index (χ0n) is 11.8. The van der Waals surface area contributed by atoms with Crippen molar-refractivity contribution in [2.24, 2.45) is 5.92 Å². The first-order valence-corrected chi connectivity index (χ1v) is 6.73. The average Bonchev–Trinajstić information content (AvgIpc) is 2.53. The first-order valence-electron chi connectivity index (χ1n) is 6.73. The minimum atomic E-state index is -0.884. The van der Waals surface area contributed by atoms with Crippen LogP contribution in [0.2, 0.25) is 0 Å². The lowest BCUT2D eigenvalue weighted by atomic mass is 9.97. The van der Waals surface area contributed by atoms with E-state index >= 15 is 0 Å². The Morgan fingerprint density at radius 1 is 1.48 bits per heavy atom. The van der Waals surface area contributed by atoms with Crippen LogP contribution in [0.25, 0.3) is 0 Å². The quantitative estimate of drug-likeness (QED) is 0.842. The van der Waals surface area contributed by atoms with Gasteiger partial charge in [0.1, 0.15) is 5.69 Å². The third kappa shape index (κ3) is 4.04. The van der Waals surface area contributed by atoms with Crippen molar-refractivity contribution in [1.82, 2.24) is 20.2 Å². The second-order valence-corrected chi connectivity index (χ2v) is 4.85. The van der Waals surface area contributed by atoms with Gasteiger partial charge in [0.15, 0.2) is 0 Å². The third-order valence-electron chi connectivity index (χ3n) is 3.49. The highest BCUT2D eigenvalue weighted by molar-refractivity contribution is 5.92. The number of hydrogen-bond donors (Lipinski definition) is 2. The Labute approximate surface area is 122 Å². The van der Waals surface area contributed by atoms with Crippen LogP contribution in [-0.2, 0) is 0 Å². The van der Waals surface area contributed by atoms with Crippen molar-refractivity contribution >= 4 is 12.0 Å². The van der Waals surface area contributed by atoms with Crippen LogP contribution in [0, 0.1) is 5.92 Å². The van der Waals surface area contributed by atoms with Crippen molar-refractivity contribution < 1.29 is 19.4 Å². The zero-order chi connectivity index (χ0) is 15.2. The molecule has 0 saturated carbocycles. The molecule has 2 rings (SSSR count). The van der Waals surface area contributed by atoms with Crippen LogP contribution in [0.4, 0.5) is 4.79 Å².